The molecule has 1 fully saturated rings. The largest absolute Gasteiger partial charge is 0.373 e. The summed E-state index contributed by atoms with van der Waals surface area (Å²) in [5.41, 5.74) is 11.5. The van der Waals surface area contributed by atoms with Gasteiger partial charge >= 0.3 is 0 Å². The van der Waals surface area contributed by atoms with E-state index in [0.717, 1.165) is 13.1 Å². The van der Waals surface area contributed by atoms with Crippen molar-refractivity contribution in [2.45, 2.75) is 52.9 Å². The fourth-order valence-electron chi connectivity index (χ4n) is 3.29. The SMILES string of the molecule is Cc1cc(C)c(C(CN)N2CC(C)OC(C)C2)cc1C. The third kappa shape index (κ3) is 3.22. The summed E-state index contributed by atoms with van der Waals surface area (Å²) in [6, 6.07) is 4.89. The Bertz CT molecular complexity index is 462. The van der Waals surface area contributed by atoms with Crippen LogP contribution < -0.4 is 5.73 Å². The summed E-state index contributed by atoms with van der Waals surface area (Å²) < 4.78 is 5.84. The van der Waals surface area contributed by atoms with Crippen LogP contribution >= 0.6 is 0 Å². The molecule has 0 spiro atoms. The highest BCUT2D eigenvalue weighted by Crippen LogP contribution is 2.28. The number of morpholine rings is 1. The Labute approximate surface area is 123 Å². The molecular formula is C17H28N2O. The molecule has 0 radical (unpaired) electrons. The van der Waals surface area contributed by atoms with Crippen LogP contribution in [0.5, 0.6) is 0 Å². The Kier molecular flexibility index (Phi) is 4.84. The van der Waals surface area contributed by atoms with Gasteiger partial charge in [-0.15, -0.1) is 0 Å². The maximum atomic E-state index is 6.10. The van der Waals surface area contributed by atoms with Crippen LogP contribution in [0, 0.1) is 20.8 Å². The number of ether oxygens (including phenoxy) is 1. The average Bonchev–Trinajstić information content (AvgIpc) is 2.35. The van der Waals surface area contributed by atoms with Crippen molar-refractivity contribution < 1.29 is 4.74 Å². The minimum absolute atomic E-state index is 0.277. The predicted octanol–water partition coefficient (Wildman–Crippen LogP) is 2.72. The lowest BCUT2D eigenvalue weighted by Gasteiger charge is -2.40. The Morgan fingerprint density at radius 2 is 1.65 bits per heavy atom. The van der Waals surface area contributed by atoms with Gasteiger partial charge in [0.05, 0.1) is 12.2 Å². The highest BCUT2D eigenvalue weighted by Gasteiger charge is 2.29. The molecule has 1 aliphatic rings. The first-order valence-corrected chi connectivity index (χ1v) is 7.59. The van der Waals surface area contributed by atoms with E-state index in [2.05, 4.69) is 51.7 Å². The molecule has 112 valence electrons. The molecule has 0 aliphatic carbocycles. The van der Waals surface area contributed by atoms with Gasteiger partial charge in [0.1, 0.15) is 0 Å². The Balaban J connectivity index is 2.30. The number of aryl methyl sites for hydroxylation is 3. The lowest BCUT2D eigenvalue weighted by atomic mass is 9.94. The van der Waals surface area contributed by atoms with Crippen molar-refractivity contribution in [2.24, 2.45) is 5.73 Å². The van der Waals surface area contributed by atoms with Crippen molar-refractivity contribution in [3.63, 3.8) is 0 Å². The van der Waals surface area contributed by atoms with Crippen LogP contribution in [0.1, 0.15) is 42.1 Å². The van der Waals surface area contributed by atoms with Gasteiger partial charge < -0.3 is 10.5 Å². The monoisotopic (exact) mass is 276 g/mol. The maximum Gasteiger partial charge on any atom is 0.0678 e. The van der Waals surface area contributed by atoms with Crippen molar-refractivity contribution >= 4 is 0 Å². The van der Waals surface area contributed by atoms with Gasteiger partial charge in [-0.25, -0.2) is 0 Å². The lowest BCUT2D eigenvalue weighted by molar-refractivity contribution is -0.0800. The zero-order chi connectivity index (χ0) is 14.9. The third-order valence-corrected chi connectivity index (χ3v) is 4.35. The molecule has 1 heterocycles. The van der Waals surface area contributed by atoms with E-state index in [1.54, 1.807) is 0 Å². The van der Waals surface area contributed by atoms with E-state index in [4.69, 9.17) is 10.5 Å². The fraction of sp³-hybridized carbons (Fsp3) is 0.647. The summed E-state index contributed by atoms with van der Waals surface area (Å²) >= 11 is 0. The summed E-state index contributed by atoms with van der Waals surface area (Å²) in [4.78, 5) is 2.48. The summed E-state index contributed by atoms with van der Waals surface area (Å²) in [7, 11) is 0. The van der Waals surface area contributed by atoms with Gasteiger partial charge in [0.25, 0.3) is 0 Å². The van der Waals surface area contributed by atoms with Crippen molar-refractivity contribution in [1.82, 2.24) is 4.90 Å². The van der Waals surface area contributed by atoms with Gasteiger partial charge in [-0.05, 0) is 56.9 Å². The van der Waals surface area contributed by atoms with E-state index in [-0.39, 0.29) is 12.2 Å². The molecule has 3 nitrogen and oxygen atoms in total. The van der Waals surface area contributed by atoms with Gasteiger partial charge in [0.15, 0.2) is 0 Å². The maximum absolute atomic E-state index is 6.10. The summed E-state index contributed by atoms with van der Waals surface area (Å²) in [5.74, 6) is 0. The molecular weight excluding hydrogens is 248 g/mol. The number of rotatable bonds is 3. The third-order valence-electron chi connectivity index (χ3n) is 4.35. The van der Waals surface area contributed by atoms with Crippen LogP contribution in [0.2, 0.25) is 0 Å². The van der Waals surface area contributed by atoms with Crippen LogP contribution in [0.25, 0.3) is 0 Å². The van der Waals surface area contributed by atoms with Crippen molar-refractivity contribution in [2.75, 3.05) is 19.6 Å². The summed E-state index contributed by atoms with van der Waals surface area (Å²) in [6.45, 7) is 13.4. The molecule has 1 aromatic carbocycles. The van der Waals surface area contributed by atoms with Crippen molar-refractivity contribution in [3.8, 4) is 0 Å². The highest BCUT2D eigenvalue weighted by molar-refractivity contribution is 5.38. The number of nitrogens with zero attached hydrogens (tertiary/aromatic N) is 1. The van der Waals surface area contributed by atoms with E-state index in [1.165, 1.54) is 22.3 Å². The molecule has 2 rings (SSSR count). The van der Waals surface area contributed by atoms with E-state index in [9.17, 15) is 0 Å². The van der Waals surface area contributed by atoms with E-state index < -0.39 is 0 Å². The number of nitrogens with two attached hydrogens (primary N) is 1. The second kappa shape index (κ2) is 6.25. The topological polar surface area (TPSA) is 38.5 Å². The van der Waals surface area contributed by atoms with Crippen LogP contribution in [0.4, 0.5) is 0 Å². The molecule has 20 heavy (non-hydrogen) atoms. The molecule has 1 aromatic rings. The van der Waals surface area contributed by atoms with E-state index >= 15 is 0 Å². The second-order valence-electron chi connectivity index (χ2n) is 6.26. The normalized spacial score (nSPS) is 25.7. The standard InChI is InChI=1S/C17H28N2O/c1-11-6-13(3)16(7-12(11)2)17(8-18)19-9-14(4)20-15(5)10-19/h6-7,14-15,17H,8-10,18H2,1-5H3. The quantitative estimate of drug-likeness (QED) is 0.922. The minimum Gasteiger partial charge on any atom is -0.373 e. The molecule has 2 N–H and O–H groups in total. The van der Waals surface area contributed by atoms with Crippen LogP contribution in [-0.4, -0.2) is 36.7 Å². The molecule has 0 amide bonds. The molecule has 0 saturated carbocycles. The number of benzene rings is 1. The lowest BCUT2D eigenvalue weighted by Crippen LogP contribution is -2.48. The molecule has 0 bridgehead atoms. The zero-order valence-electron chi connectivity index (χ0n) is 13.4. The zero-order valence-corrected chi connectivity index (χ0v) is 13.4. The second-order valence-corrected chi connectivity index (χ2v) is 6.26. The van der Waals surface area contributed by atoms with Crippen LogP contribution in [-0.2, 0) is 4.74 Å². The van der Waals surface area contributed by atoms with Gasteiger partial charge in [0, 0.05) is 25.7 Å². The first kappa shape index (κ1) is 15.5. The Morgan fingerprint density at radius 3 is 2.20 bits per heavy atom. The Hall–Kier alpha value is -0.900. The smallest absolute Gasteiger partial charge is 0.0678 e. The molecule has 3 heteroatoms. The predicted molar refractivity (Wildman–Crippen MR) is 84.0 cm³/mol. The van der Waals surface area contributed by atoms with Crippen LogP contribution in [0.15, 0.2) is 12.1 Å². The van der Waals surface area contributed by atoms with Crippen molar-refractivity contribution in [1.29, 1.82) is 0 Å². The van der Waals surface area contributed by atoms with E-state index in [1.807, 2.05) is 0 Å². The molecule has 1 saturated heterocycles. The average molecular weight is 276 g/mol. The highest BCUT2D eigenvalue weighted by atomic mass is 16.5. The van der Waals surface area contributed by atoms with Crippen molar-refractivity contribution in [3.05, 3.63) is 34.4 Å². The Morgan fingerprint density at radius 1 is 1.10 bits per heavy atom. The fourth-order valence-corrected chi connectivity index (χ4v) is 3.29. The van der Waals surface area contributed by atoms with Gasteiger partial charge in [-0.2, -0.15) is 0 Å². The molecule has 1 aliphatic heterocycles. The van der Waals surface area contributed by atoms with Crippen LogP contribution in [0.3, 0.4) is 0 Å². The number of hydrogen-bond acceptors (Lipinski definition) is 3. The van der Waals surface area contributed by atoms with Gasteiger partial charge in [-0.3, -0.25) is 4.90 Å². The first-order valence-electron chi connectivity index (χ1n) is 7.59. The summed E-state index contributed by atoms with van der Waals surface area (Å²) in [6.07, 6.45) is 0.555. The first-order chi connectivity index (χ1) is 9.42. The summed E-state index contributed by atoms with van der Waals surface area (Å²) in [5, 5.41) is 0. The molecule has 3 unspecified atom stereocenters. The van der Waals surface area contributed by atoms with Gasteiger partial charge in [0.2, 0.25) is 0 Å². The van der Waals surface area contributed by atoms with E-state index in [0.29, 0.717) is 12.6 Å². The number of hydrogen-bond donors (Lipinski definition) is 1. The molecule has 0 aromatic heterocycles. The molecule has 3 atom stereocenters. The minimum atomic E-state index is 0.277. The van der Waals surface area contributed by atoms with Gasteiger partial charge in [-0.1, -0.05) is 12.1 Å².